The summed E-state index contributed by atoms with van der Waals surface area (Å²) in [6, 6.07) is 5.57. The van der Waals surface area contributed by atoms with Gasteiger partial charge in [0.2, 0.25) is 0 Å². The predicted octanol–water partition coefficient (Wildman–Crippen LogP) is 2.22. The minimum absolute atomic E-state index is 0.0379. The fraction of sp³-hybridized carbons (Fsp3) is 0.533. The Morgan fingerprint density at radius 2 is 2.21 bits per heavy atom. The average molecular weight is 262 g/mol. The van der Waals surface area contributed by atoms with E-state index < -0.39 is 0 Å². The Kier molecular flexibility index (Phi) is 3.80. The lowest BCUT2D eigenvalue weighted by atomic mass is 10.0. The van der Waals surface area contributed by atoms with Gasteiger partial charge in [-0.2, -0.15) is 0 Å². The van der Waals surface area contributed by atoms with E-state index >= 15 is 0 Å². The molecule has 0 bridgehead atoms. The molecular formula is C15H22N2O2. The number of anilines is 1. The number of nitrogens with zero attached hydrogens (tertiary/aromatic N) is 1. The number of ketones is 1. The molecule has 104 valence electrons. The number of carbonyl (C=O) groups is 1. The number of ether oxygens (including phenoxy) is 1. The van der Waals surface area contributed by atoms with E-state index in [2.05, 4.69) is 25.7 Å². The summed E-state index contributed by atoms with van der Waals surface area (Å²) in [5, 5.41) is 0. The van der Waals surface area contributed by atoms with Crippen molar-refractivity contribution in [2.24, 2.45) is 5.73 Å². The molecule has 0 saturated carbocycles. The summed E-state index contributed by atoms with van der Waals surface area (Å²) in [6.07, 6.45) is 1.06. The number of benzene rings is 1. The van der Waals surface area contributed by atoms with E-state index in [-0.39, 0.29) is 17.9 Å². The molecule has 1 aliphatic heterocycles. The smallest absolute Gasteiger partial charge is 0.176 e. The number of hydrogen-bond acceptors (Lipinski definition) is 4. The van der Waals surface area contributed by atoms with E-state index in [1.807, 2.05) is 12.1 Å². The average Bonchev–Trinajstić information content (AvgIpc) is 2.36. The normalized spacial score (nSPS) is 16.7. The Hall–Kier alpha value is -1.55. The molecule has 1 aromatic carbocycles. The van der Waals surface area contributed by atoms with Crippen LogP contribution in [-0.2, 0) is 0 Å². The lowest BCUT2D eigenvalue weighted by Crippen LogP contribution is -2.47. The van der Waals surface area contributed by atoms with Crippen LogP contribution in [0.1, 0.15) is 37.6 Å². The predicted molar refractivity (Wildman–Crippen MR) is 77.0 cm³/mol. The van der Waals surface area contributed by atoms with Crippen LogP contribution in [-0.4, -0.2) is 31.0 Å². The Labute approximate surface area is 114 Å². The highest BCUT2D eigenvalue weighted by atomic mass is 16.5. The second-order valence-electron chi connectivity index (χ2n) is 5.59. The number of fused-ring (bicyclic) bond motifs is 1. The molecule has 19 heavy (non-hydrogen) atoms. The van der Waals surface area contributed by atoms with Gasteiger partial charge in [0.1, 0.15) is 11.4 Å². The van der Waals surface area contributed by atoms with Crippen molar-refractivity contribution < 1.29 is 9.53 Å². The van der Waals surface area contributed by atoms with Gasteiger partial charge in [0, 0.05) is 12.1 Å². The maximum atomic E-state index is 11.7. The molecule has 1 heterocycles. The molecule has 0 fully saturated rings. The van der Waals surface area contributed by atoms with Crippen LogP contribution in [0.4, 0.5) is 5.69 Å². The van der Waals surface area contributed by atoms with Crippen molar-refractivity contribution in [3.63, 3.8) is 0 Å². The summed E-state index contributed by atoms with van der Waals surface area (Å²) in [5.74, 6) is 0.808. The second kappa shape index (κ2) is 5.21. The standard InChI is InChI=1S/C15H22N2O2/c1-4-7-17-10-15(2,3)19-14-6-5-11(8-12(14)17)13(18)9-16/h5-6,8H,4,7,9-10,16H2,1-3H3. The lowest BCUT2D eigenvalue weighted by molar-refractivity contribution is 0.0999. The monoisotopic (exact) mass is 262 g/mol. The highest BCUT2D eigenvalue weighted by Crippen LogP contribution is 2.37. The maximum absolute atomic E-state index is 11.7. The van der Waals surface area contributed by atoms with Crippen molar-refractivity contribution in [3.8, 4) is 5.75 Å². The molecule has 0 saturated heterocycles. The molecule has 1 aromatic rings. The Morgan fingerprint density at radius 1 is 1.47 bits per heavy atom. The molecule has 2 N–H and O–H groups in total. The highest BCUT2D eigenvalue weighted by molar-refractivity contribution is 5.98. The van der Waals surface area contributed by atoms with Crippen LogP contribution in [0.25, 0.3) is 0 Å². The van der Waals surface area contributed by atoms with E-state index in [0.29, 0.717) is 5.56 Å². The molecule has 0 aromatic heterocycles. The number of Topliss-reactive ketones (excluding diaryl/α,β-unsaturated/α-hetero) is 1. The van der Waals surface area contributed by atoms with Crippen LogP contribution >= 0.6 is 0 Å². The van der Waals surface area contributed by atoms with E-state index in [4.69, 9.17) is 10.5 Å². The first-order valence-electron chi connectivity index (χ1n) is 6.78. The van der Waals surface area contributed by atoms with Crippen molar-refractivity contribution >= 4 is 11.5 Å². The zero-order chi connectivity index (χ0) is 14.0. The molecule has 1 aliphatic rings. The maximum Gasteiger partial charge on any atom is 0.176 e. The van der Waals surface area contributed by atoms with E-state index in [1.54, 1.807) is 6.07 Å². The minimum atomic E-state index is -0.207. The molecule has 0 unspecified atom stereocenters. The van der Waals surface area contributed by atoms with E-state index in [0.717, 1.165) is 30.9 Å². The molecule has 0 radical (unpaired) electrons. The van der Waals surface area contributed by atoms with Crippen LogP contribution in [0, 0.1) is 0 Å². The first-order chi connectivity index (χ1) is 8.96. The van der Waals surface area contributed by atoms with Crippen molar-refractivity contribution in [1.82, 2.24) is 0 Å². The van der Waals surface area contributed by atoms with Gasteiger partial charge in [-0.05, 0) is 38.5 Å². The molecule has 4 heteroatoms. The largest absolute Gasteiger partial charge is 0.484 e. The van der Waals surface area contributed by atoms with Gasteiger partial charge in [-0.3, -0.25) is 4.79 Å². The Morgan fingerprint density at radius 3 is 2.84 bits per heavy atom. The quantitative estimate of drug-likeness (QED) is 0.845. The van der Waals surface area contributed by atoms with E-state index in [9.17, 15) is 4.79 Å². The van der Waals surface area contributed by atoms with Crippen LogP contribution in [0.15, 0.2) is 18.2 Å². The highest BCUT2D eigenvalue weighted by Gasteiger charge is 2.31. The van der Waals surface area contributed by atoms with Crippen LogP contribution in [0.5, 0.6) is 5.75 Å². The summed E-state index contributed by atoms with van der Waals surface area (Å²) in [5.41, 5.74) is 6.87. The third kappa shape index (κ3) is 2.89. The zero-order valence-corrected chi connectivity index (χ0v) is 11.9. The fourth-order valence-electron chi connectivity index (χ4n) is 2.49. The summed E-state index contributed by atoms with van der Waals surface area (Å²) in [7, 11) is 0. The third-order valence-corrected chi connectivity index (χ3v) is 3.26. The van der Waals surface area contributed by atoms with Gasteiger partial charge < -0.3 is 15.4 Å². The lowest BCUT2D eigenvalue weighted by Gasteiger charge is -2.41. The number of rotatable bonds is 4. The molecular weight excluding hydrogens is 240 g/mol. The summed E-state index contributed by atoms with van der Waals surface area (Å²) < 4.78 is 5.98. The molecule has 4 nitrogen and oxygen atoms in total. The molecule has 0 atom stereocenters. The number of carbonyl (C=O) groups excluding carboxylic acids is 1. The SMILES string of the molecule is CCCN1CC(C)(C)Oc2ccc(C(=O)CN)cc21. The van der Waals surface area contributed by atoms with Gasteiger partial charge in [0.25, 0.3) is 0 Å². The van der Waals surface area contributed by atoms with Gasteiger partial charge >= 0.3 is 0 Å². The first-order valence-corrected chi connectivity index (χ1v) is 6.78. The van der Waals surface area contributed by atoms with Gasteiger partial charge in [-0.1, -0.05) is 6.92 Å². The van der Waals surface area contributed by atoms with Crippen LogP contribution in [0.3, 0.4) is 0 Å². The second-order valence-corrected chi connectivity index (χ2v) is 5.59. The van der Waals surface area contributed by atoms with Crippen molar-refractivity contribution in [3.05, 3.63) is 23.8 Å². The van der Waals surface area contributed by atoms with Crippen molar-refractivity contribution in [2.45, 2.75) is 32.8 Å². The molecule has 0 spiro atoms. The van der Waals surface area contributed by atoms with Crippen LogP contribution in [0.2, 0.25) is 0 Å². The third-order valence-electron chi connectivity index (χ3n) is 3.26. The minimum Gasteiger partial charge on any atom is -0.484 e. The summed E-state index contributed by atoms with van der Waals surface area (Å²) in [6.45, 7) is 8.14. The van der Waals surface area contributed by atoms with Gasteiger partial charge in [0.05, 0.1) is 18.8 Å². The van der Waals surface area contributed by atoms with E-state index in [1.165, 1.54) is 0 Å². The molecule has 0 aliphatic carbocycles. The number of nitrogens with two attached hydrogens (primary N) is 1. The molecule has 2 rings (SSSR count). The van der Waals surface area contributed by atoms with Crippen molar-refractivity contribution in [2.75, 3.05) is 24.5 Å². The summed E-state index contributed by atoms with van der Waals surface area (Å²) >= 11 is 0. The topological polar surface area (TPSA) is 55.6 Å². The van der Waals surface area contributed by atoms with Gasteiger partial charge in [-0.15, -0.1) is 0 Å². The van der Waals surface area contributed by atoms with Gasteiger partial charge in [0.15, 0.2) is 5.78 Å². The van der Waals surface area contributed by atoms with Crippen molar-refractivity contribution in [1.29, 1.82) is 0 Å². The molecule has 0 amide bonds. The Bertz CT molecular complexity index is 483. The zero-order valence-electron chi connectivity index (χ0n) is 11.9. The Balaban J connectivity index is 2.40. The fourth-order valence-corrected chi connectivity index (χ4v) is 2.49. The number of hydrogen-bond donors (Lipinski definition) is 1. The summed E-state index contributed by atoms with van der Waals surface area (Å²) in [4.78, 5) is 14.0. The first kappa shape index (κ1) is 13.9. The van der Waals surface area contributed by atoms with Crippen LogP contribution < -0.4 is 15.4 Å². The van der Waals surface area contributed by atoms with Gasteiger partial charge in [-0.25, -0.2) is 0 Å².